The van der Waals surface area contributed by atoms with Crippen molar-refractivity contribution in [1.82, 2.24) is 0 Å². The Morgan fingerprint density at radius 2 is 1.70 bits per heavy atom. The van der Waals surface area contributed by atoms with Crippen LogP contribution in [-0.4, -0.2) is 33.4 Å². The SMILES string of the molecule is CCOC(=O)c1cc(NC(=O)CN(c2ccccc2F)S(=O)(=O)c2ccccc2)ccc1Cl. The molecule has 172 valence electrons. The van der Waals surface area contributed by atoms with E-state index in [0.717, 1.165) is 6.07 Å². The van der Waals surface area contributed by atoms with Crippen LogP contribution in [0.25, 0.3) is 0 Å². The molecule has 0 bridgehead atoms. The van der Waals surface area contributed by atoms with E-state index in [1.165, 1.54) is 60.7 Å². The van der Waals surface area contributed by atoms with Crippen molar-refractivity contribution in [3.63, 3.8) is 0 Å². The summed E-state index contributed by atoms with van der Waals surface area (Å²) in [6, 6.07) is 16.8. The number of carbonyl (C=O) groups excluding carboxylic acids is 2. The van der Waals surface area contributed by atoms with E-state index in [-0.39, 0.29) is 33.5 Å². The van der Waals surface area contributed by atoms with Crippen molar-refractivity contribution in [2.24, 2.45) is 0 Å². The van der Waals surface area contributed by atoms with Crippen molar-refractivity contribution in [3.8, 4) is 0 Å². The van der Waals surface area contributed by atoms with Gasteiger partial charge in [-0.3, -0.25) is 9.10 Å². The van der Waals surface area contributed by atoms with E-state index in [9.17, 15) is 22.4 Å². The summed E-state index contributed by atoms with van der Waals surface area (Å²) >= 11 is 6.03. The minimum Gasteiger partial charge on any atom is -0.462 e. The predicted octanol–water partition coefficient (Wildman–Crippen LogP) is 4.49. The lowest BCUT2D eigenvalue weighted by Crippen LogP contribution is -2.38. The van der Waals surface area contributed by atoms with Crippen molar-refractivity contribution in [2.75, 3.05) is 22.8 Å². The maximum atomic E-state index is 14.5. The molecule has 0 saturated carbocycles. The van der Waals surface area contributed by atoms with Gasteiger partial charge < -0.3 is 10.1 Å². The van der Waals surface area contributed by atoms with Crippen molar-refractivity contribution >= 4 is 44.9 Å². The molecule has 0 spiro atoms. The predicted molar refractivity (Wildman–Crippen MR) is 123 cm³/mol. The molecule has 33 heavy (non-hydrogen) atoms. The fraction of sp³-hybridized carbons (Fsp3) is 0.130. The summed E-state index contributed by atoms with van der Waals surface area (Å²) in [5, 5.41) is 2.65. The van der Waals surface area contributed by atoms with Crippen molar-refractivity contribution in [2.45, 2.75) is 11.8 Å². The summed E-state index contributed by atoms with van der Waals surface area (Å²) in [4.78, 5) is 24.7. The molecule has 0 aromatic heterocycles. The summed E-state index contributed by atoms with van der Waals surface area (Å²) in [6.45, 7) is 1.07. The van der Waals surface area contributed by atoms with Gasteiger partial charge in [0.15, 0.2) is 0 Å². The minimum atomic E-state index is -4.26. The number of ether oxygens (including phenoxy) is 1. The molecule has 0 aliphatic heterocycles. The molecule has 0 heterocycles. The summed E-state index contributed by atoms with van der Waals surface area (Å²) in [7, 11) is -4.26. The van der Waals surface area contributed by atoms with Gasteiger partial charge in [0.25, 0.3) is 10.0 Å². The highest BCUT2D eigenvalue weighted by Crippen LogP contribution is 2.27. The first kappa shape index (κ1) is 24.2. The Bertz CT molecular complexity index is 1270. The maximum absolute atomic E-state index is 14.5. The van der Waals surface area contributed by atoms with Gasteiger partial charge in [-0.1, -0.05) is 41.9 Å². The molecule has 0 atom stereocenters. The van der Waals surface area contributed by atoms with Crippen LogP contribution in [0.4, 0.5) is 15.8 Å². The highest BCUT2D eigenvalue weighted by atomic mass is 35.5. The number of esters is 1. The van der Waals surface area contributed by atoms with Gasteiger partial charge in [-0.25, -0.2) is 17.6 Å². The van der Waals surface area contributed by atoms with E-state index < -0.39 is 34.3 Å². The zero-order chi connectivity index (χ0) is 24.0. The van der Waals surface area contributed by atoms with E-state index in [2.05, 4.69) is 5.32 Å². The number of halogens is 2. The fourth-order valence-corrected chi connectivity index (χ4v) is 4.62. The van der Waals surface area contributed by atoms with Crippen molar-refractivity contribution < 1.29 is 27.1 Å². The molecule has 10 heteroatoms. The van der Waals surface area contributed by atoms with Crippen LogP contribution in [0.3, 0.4) is 0 Å². The Balaban J connectivity index is 1.91. The molecule has 0 unspecified atom stereocenters. The Morgan fingerprint density at radius 1 is 1.03 bits per heavy atom. The number of sulfonamides is 1. The Hall–Kier alpha value is -3.43. The quantitative estimate of drug-likeness (QED) is 0.470. The zero-order valence-electron chi connectivity index (χ0n) is 17.5. The normalized spacial score (nSPS) is 11.0. The molecule has 0 radical (unpaired) electrons. The second kappa shape index (κ2) is 10.5. The highest BCUT2D eigenvalue weighted by Gasteiger charge is 2.29. The van der Waals surface area contributed by atoms with E-state index >= 15 is 0 Å². The summed E-state index contributed by atoms with van der Waals surface area (Å²) in [6.07, 6.45) is 0. The number of amides is 1. The topological polar surface area (TPSA) is 92.8 Å². The van der Waals surface area contributed by atoms with E-state index in [0.29, 0.717) is 4.31 Å². The molecule has 3 rings (SSSR count). The van der Waals surface area contributed by atoms with Crippen LogP contribution in [0.15, 0.2) is 77.7 Å². The molecule has 0 saturated heterocycles. The molecule has 0 fully saturated rings. The third-order valence-electron chi connectivity index (χ3n) is 4.49. The molecular weight excluding hydrogens is 471 g/mol. The Kier molecular flexibility index (Phi) is 7.67. The van der Waals surface area contributed by atoms with Crippen molar-refractivity contribution in [3.05, 3.63) is 89.2 Å². The number of rotatable bonds is 8. The molecule has 1 amide bonds. The highest BCUT2D eigenvalue weighted by molar-refractivity contribution is 7.92. The number of nitrogens with zero attached hydrogens (tertiary/aromatic N) is 1. The van der Waals surface area contributed by atoms with Crippen LogP contribution in [0.2, 0.25) is 5.02 Å². The first-order chi connectivity index (χ1) is 15.7. The van der Waals surface area contributed by atoms with Gasteiger partial charge >= 0.3 is 5.97 Å². The largest absolute Gasteiger partial charge is 0.462 e. The molecule has 3 aromatic carbocycles. The number of benzene rings is 3. The average molecular weight is 491 g/mol. The van der Waals surface area contributed by atoms with Crippen LogP contribution in [0, 0.1) is 5.82 Å². The average Bonchev–Trinajstić information content (AvgIpc) is 2.80. The summed E-state index contributed by atoms with van der Waals surface area (Å²) < 4.78 is 46.6. The van der Waals surface area contributed by atoms with E-state index in [4.69, 9.17) is 16.3 Å². The number of hydrogen-bond donors (Lipinski definition) is 1. The van der Waals surface area contributed by atoms with Crippen LogP contribution >= 0.6 is 11.6 Å². The molecule has 7 nitrogen and oxygen atoms in total. The smallest absolute Gasteiger partial charge is 0.339 e. The summed E-state index contributed by atoms with van der Waals surface area (Å²) in [5.41, 5.74) is -0.0444. The van der Waals surface area contributed by atoms with Gasteiger partial charge in [0.2, 0.25) is 5.91 Å². The Labute approximate surface area is 195 Å². The Morgan fingerprint density at radius 3 is 2.36 bits per heavy atom. The van der Waals surface area contributed by atoms with Gasteiger partial charge in [0.1, 0.15) is 12.4 Å². The monoisotopic (exact) mass is 490 g/mol. The van der Waals surface area contributed by atoms with Crippen molar-refractivity contribution in [1.29, 1.82) is 0 Å². The molecule has 0 aliphatic carbocycles. The van der Waals surface area contributed by atoms with Gasteiger partial charge in [-0.2, -0.15) is 0 Å². The molecule has 1 N–H and O–H groups in total. The maximum Gasteiger partial charge on any atom is 0.339 e. The fourth-order valence-electron chi connectivity index (χ4n) is 2.97. The van der Waals surface area contributed by atoms with E-state index in [1.54, 1.807) is 13.0 Å². The number of nitrogens with one attached hydrogen (secondary N) is 1. The second-order valence-electron chi connectivity index (χ2n) is 6.74. The van der Waals surface area contributed by atoms with E-state index in [1.807, 2.05) is 0 Å². The first-order valence-electron chi connectivity index (χ1n) is 9.83. The number of anilines is 2. The minimum absolute atomic E-state index is 0.0409. The standard InChI is InChI=1S/C23H20ClFN2O5S/c1-2-32-23(29)18-14-16(12-13-19(18)24)26-22(28)15-27(21-11-7-6-10-20(21)25)33(30,31)17-8-4-3-5-9-17/h3-14H,2,15H2,1H3,(H,26,28). The van der Waals surface area contributed by atoms with Crippen LogP contribution in [0.5, 0.6) is 0 Å². The third-order valence-corrected chi connectivity index (χ3v) is 6.59. The lowest BCUT2D eigenvalue weighted by molar-refractivity contribution is -0.114. The number of para-hydroxylation sites is 1. The van der Waals surface area contributed by atoms with Gasteiger partial charge in [0, 0.05) is 5.69 Å². The first-order valence-corrected chi connectivity index (χ1v) is 11.6. The molecule has 3 aromatic rings. The lowest BCUT2D eigenvalue weighted by Gasteiger charge is -2.24. The van der Waals surface area contributed by atoms with Gasteiger partial charge in [-0.15, -0.1) is 0 Å². The summed E-state index contributed by atoms with van der Waals surface area (Å²) in [5.74, 6) is -2.23. The lowest BCUT2D eigenvalue weighted by atomic mass is 10.2. The molecular formula is C23H20ClFN2O5S. The van der Waals surface area contributed by atoms with Gasteiger partial charge in [0.05, 0.1) is 27.8 Å². The number of carbonyl (C=O) groups is 2. The van der Waals surface area contributed by atoms with Crippen LogP contribution in [-0.2, 0) is 19.6 Å². The van der Waals surface area contributed by atoms with Crippen LogP contribution < -0.4 is 9.62 Å². The molecule has 0 aliphatic rings. The third kappa shape index (κ3) is 5.68. The van der Waals surface area contributed by atoms with Crippen LogP contribution in [0.1, 0.15) is 17.3 Å². The van der Waals surface area contributed by atoms with Gasteiger partial charge in [-0.05, 0) is 49.4 Å². The second-order valence-corrected chi connectivity index (χ2v) is 9.01. The number of hydrogen-bond acceptors (Lipinski definition) is 5. The zero-order valence-corrected chi connectivity index (χ0v) is 19.1.